The highest BCUT2D eigenvalue weighted by Crippen LogP contribution is 2.33. The van der Waals surface area contributed by atoms with Gasteiger partial charge in [-0.1, -0.05) is 34.1 Å². The molecule has 1 atom stereocenters. The number of nitrogens with two attached hydrogens (primary N) is 1. The average Bonchev–Trinajstić information content (AvgIpc) is 2.38. The lowest BCUT2D eigenvalue weighted by atomic mass is 9.86. The summed E-state index contributed by atoms with van der Waals surface area (Å²) in [6.07, 6.45) is 1.10. The van der Waals surface area contributed by atoms with Crippen LogP contribution in [0.3, 0.4) is 0 Å². The number of rotatable bonds is 6. The maximum atomic E-state index is 5.73. The van der Waals surface area contributed by atoms with Gasteiger partial charge < -0.3 is 15.8 Å². The number of anilines is 1. The van der Waals surface area contributed by atoms with Gasteiger partial charge in [0.25, 0.3) is 0 Å². The largest absolute Gasteiger partial charge is 0.496 e. The Labute approximate surface area is 117 Å². The van der Waals surface area contributed by atoms with Crippen molar-refractivity contribution in [2.75, 3.05) is 25.5 Å². The molecule has 0 radical (unpaired) electrons. The molecule has 108 valence electrons. The third kappa shape index (κ3) is 4.43. The molecule has 3 N–H and O–H groups in total. The second-order valence-electron chi connectivity index (χ2n) is 6.06. The van der Waals surface area contributed by atoms with Crippen LogP contribution in [-0.2, 0) is 5.41 Å². The molecule has 1 aromatic carbocycles. The lowest BCUT2D eigenvalue weighted by Gasteiger charge is -2.23. The first-order chi connectivity index (χ1) is 8.92. The molecule has 0 saturated carbocycles. The number of nitrogens with one attached hydrogen (secondary N) is 1. The van der Waals surface area contributed by atoms with Gasteiger partial charge in [-0.3, -0.25) is 0 Å². The molecule has 0 aliphatic heterocycles. The van der Waals surface area contributed by atoms with E-state index in [9.17, 15) is 0 Å². The van der Waals surface area contributed by atoms with Crippen LogP contribution < -0.4 is 15.8 Å². The van der Waals surface area contributed by atoms with Crippen LogP contribution in [0.25, 0.3) is 0 Å². The Kier molecular flexibility index (Phi) is 5.67. The van der Waals surface area contributed by atoms with E-state index in [-0.39, 0.29) is 5.41 Å². The maximum Gasteiger partial charge on any atom is 0.122 e. The van der Waals surface area contributed by atoms with E-state index in [0.29, 0.717) is 5.92 Å². The van der Waals surface area contributed by atoms with Gasteiger partial charge in [0.05, 0.1) is 7.11 Å². The van der Waals surface area contributed by atoms with Gasteiger partial charge in [-0.25, -0.2) is 0 Å². The molecule has 0 aliphatic rings. The first-order valence-corrected chi connectivity index (χ1v) is 7.04. The monoisotopic (exact) mass is 264 g/mol. The molecule has 0 bridgehead atoms. The van der Waals surface area contributed by atoms with Crippen LogP contribution in [0.5, 0.6) is 5.75 Å². The smallest absolute Gasteiger partial charge is 0.122 e. The fraction of sp³-hybridized carbons (Fsp3) is 0.625. The third-order valence-electron chi connectivity index (χ3n) is 3.51. The van der Waals surface area contributed by atoms with Crippen molar-refractivity contribution in [2.24, 2.45) is 11.7 Å². The van der Waals surface area contributed by atoms with Crippen LogP contribution in [0.4, 0.5) is 5.69 Å². The molecule has 3 nitrogen and oxygen atoms in total. The van der Waals surface area contributed by atoms with Crippen molar-refractivity contribution < 1.29 is 4.74 Å². The van der Waals surface area contributed by atoms with Gasteiger partial charge in [0, 0.05) is 17.8 Å². The van der Waals surface area contributed by atoms with E-state index in [0.717, 1.165) is 30.9 Å². The van der Waals surface area contributed by atoms with Crippen LogP contribution in [-0.4, -0.2) is 20.2 Å². The Morgan fingerprint density at radius 2 is 2.00 bits per heavy atom. The third-order valence-corrected chi connectivity index (χ3v) is 3.51. The van der Waals surface area contributed by atoms with Gasteiger partial charge in [0.1, 0.15) is 5.75 Å². The number of methoxy groups -OCH3 is 1. The van der Waals surface area contributed by atoms with Crippen molar-refractivity contribution in [3.05, 3.63) is 23.8 Å². The summed E-state index contributed by atoms with van der Waals surface area (Å²) in [5.74, 6) is 1.48. The number of hydrogen-bond acceptors (Lipinski definition) is 3. The van der Waals surface area contributed by atoms with Crippen LogP contribution in [0.15, 0.2) is 18.2 Å². The molecule has 0 heterocycles. The van der Waals surface area contributed by atoms with Crippen molar-refractivity contribution in [2.45, 2.75) is 39.5 Å². The normalized spacial score (nSPS) is 13.2. The van der Waals surface area contributed by atoms with Gasteiger partial charge in [-0.05, 0) is 36.1 Å². The molecule has 0 aliphatic carbocycles. The van der Waals surface area contributed by atoms with Crippen molar-refractivity contribution in [1.29, 1.82) is 0 Å². The van der Waals surface area contributed by atoms with E-state index >= 15 is 0 Å². The van der Waals surface area contributed by atoms with Crippen LogP contribution in [0.2, 0.25) is 0 Å². The summed E-state index contributed by atoms with van der Waals surface area (Å²) in [7, 11) is 1.72. The van der Waals surface area contributed by atoms with Crippen molar-refractivity contribution in [3.8, 4) is 5.75 Å². The van der Waals surface area contributed by atoms with Gasteiger partial charge >= 0.3 is 0 Å². The summed E-state index contributed by atoms with van der Waals surface area (Å²) in [4.78, 5) is 0. The Morgan fingerprint density at radius 3 is 2.47 bits per heavy atom. The Hall–Kier alpha value is -1.22. The molecule has 19 heavy (non-hydrogen) atoms. The second kappa shape index (κ2) is 6.80. The summed E-state index contributed by atoms with van der Waals surface area (Å²) in [6, 6.07) is 6.28. The minimum Gasteiger partial charge on any atom is -0.496 e. The molecule has 0 spiro atoms. The minimum atomic E-state index is 0.0705. The zero-order valence-corrected chi connectivity index (χ0v) is 12.9. The fourth-order valence-corrected chi connectivity index (χ4v) is 2.06. The molecule has 1 aromatic rings. The highest BCUT2D eigenvalue weighted by atomic mass is 16.5. The molecular formula is C16H28N2O. The van der Waals surface area contributed by atoms with Crippen LogP contribution in [0.1, 0.15) is 39.7 Å². The van der Waals surface area contributed by atoms with E-state index in [4.69, 9.17) is 10.5 Å². The van der Waals surface area contributed by atoms with Crippen molar-refractivity contribution in [3.63, 3.8) is 0 Å². The molecule has 0 amide bonds. The van der Waals surface area contributed by atoms with E-state index in [2.05, 4.69) is 45.1 Å². The SMILES string of the molecule is CCC(CN)CNc1ccc(OC)c(C(C)(C)C)c1. The Bertz CT molecular complexity index is 392. The quantitative estimate of drug-likeness (QED) is 0.828. The molecule has 1 rings (SSSR count). The highest BCUT2D eigenvalue weighted by molar-refractivity contribution is 5.53. The lowest BCUT2D eigenvalue weighted by Crippen LogP contribution is -2.22. The number of benzene rings is 1. The van der Waals surface area contributed by atoms with Crippen LogP contribution in [0, 0.1) is 5.92 Å². The van der Waals surface area contributed by atoms with E-state index in [1.165, 1.54) is 5.56 Å². The van der Waals surface area contributed by atoms with E-state index in [1.54, 1.807) is 7.11 Å². The molecular weight excluding hydrogens is 236 g/mol. The zero-order valence-electron chi connectivity index (χ0n) is 12.9. The van der Waals surface area contributed by atoms with Crippen LogP contribution >= 0.6 is 0 Å². The highest BCUT2D eigenvalue weighted by Gasteiger charge is 2.19. The minimum absolute atomic E-state index is 0.0705. The van der Waals surface area contributed by atoms with E-state index in [1.807, 2.05) is 6.07 Å². The Balaban J connectivity index is 2.87. The molecule has 0 fully saturated rings. The molecule has 0 aromatic heterocycles. The molecule has 3 heteroatoms. The summed E-state index contributed by atoms with van der Waals surface area (Å²) < 4.78 is 5.45. The molecule has 0 saturated heterocycles. The second-order valence-corrected chi connectivity index (χ2v) is 6.06. The van der Waals surface area contributed by atoms with E-state index < -0.39 is 0 Å². The number of hydrogen-bond donors (Lipinski definition) is 2. The fourth-order valence-electron chi connectivity index (χ4n) is 2.06. The van der Waals surface area contributed by atoms with Crippen molar-refractivity contribution >= 4 is 5.69 Å². The zero-order chi connectivity index (χ0) is 14.5. The predicted molar refractivity (Wildman–Crippen MR) is 83.0 cm³/mol. The number of ether oxygens (including phenoxy) is 1. The molecule has 1 unspecified atom stereocenters. The van der Waals surface area contributed by atoms with Crippen molar-refractivity contribution in [1.82, 2.24) is 0 Å². The lowest BCUT2D eigenvalue weighted by molar-refractivity contribution is 0.397. The Morgan fingerprint density at radius 1 is 1.32 bits per heavy atom. The first-order valence-electron chi connectivity index (χ1n) is 7.04. The standard InChI is InChI=1S/C16H28N2O/c1-6-12(10-17)11-18-13-7-8-15(19-5)14(9-13)16(2,3)4/h7-9,12,18H,6,10-11,17H2,1-5H3. The first kappa shape index (κ1) is 15.8. The van der Waals surface area contributed by atoms with Gasteiger partial charge in [0.2, 0.25) is 0 Å². The summed E-state index contributed by atoms with van der Waals surface area (Å²) in [5, 5.41) is 3.47. The predicted octanol–water partition coefficient (Wildman–Crippen LogP) is 3.39. The van der Waals surface area contributed by atoms with Gasteiger partial charge in [0.15, 0.2) is 0 Å². The topological polar surface area (TPSA) is 47.3 Å². The summed E-state index contributed by atoms with van der Waals surface area (Å²) >= 11 is 0. The van der Waals surface area contributed by atoms with Gasteiger partial charge in [-0.15, -0.1) is 0 Å². The maximum absolute atomic E-state index is 5.73. The van der Waals surface area contributed by atoms with Gasteiger partial charge in [-0.2, -0.15) is 0 Å². The summed E-state index contributed by atoms with van der Waals surface area (Å²) in [5.41, 5.74) is 8.16. The summed E-state index contributed by atoms with van der Waals surface area (Å²) in [6.45, 7) is 10.4. The average molecular weight is 264 g/mol.